The minimum atomic E-state index is -1.10. The minimum absolute atomic E-state index is 0.514. The largest absolute Gasteiger partial charge is 0.350 e. The molecule has 1 heterocycles. The van der Waals surface area contributed by atoms with Gasteiger partial charge in [0.15, 0.2) is 0 Å². The highest BCUT2D eigenvalue weighted by Gasteiger charge is 2.15. The summed E-state index contributed by atoms with van der Waals surface area (Å²) in [6.45, 7) is 4.40. The lowest BCUT2D eigenvalue weighted by Crippen LogP contribution is -2.16. The second-order valence-corrected chi connectivity index (χ2v) is 3.87. The van der Waals surface area contributed by atoms with Crippen LogP contribution in [0.5, 0.6) is 0 Å². The maximum Gasteiger partial charge on any atom is 0.107 e. The summed E-state index contributed by atoms with van der Waals surface area (Å²) in [5, 5.41) is 0. The Kier molecular flexibility index (Phi) is 3.09. The van der Waals surface area contributed by atoms with Crippen LogP contribution in [0.1, 0.15) is 26.0 Å². The van der Waals surface area contributed by atoms with Crippen LogP contribution in [0.3, 0.4) is 0 Å². The fraction of sp³-hybridized carbons (Fsp3) is 0.600. The number of aromatic nitrogens is 1. The second kappa shape index (κ2) is 3.92. The van der Waals surface area contributed by atoms with Crippen LogP contribution < -0.4 is 5.73 Å². The van der Waals surface area contributed by atoms with Crippen LogP contribution in [0, 0.1) is 0 Å². The Morgan fingerprint density at radius 1 is 1.54 bits per heavy atom. The van der Waals surface area contributed by atoms with Crippen molar-refractivity contribution >= 4 is 0 Å². The highest BCUT2D eigenvalue weighted by atomic mass is 19.1. The first-order valence-electron chi connectivity index (χ1n) is 4.56. The number of alkyl halides is 1. The van der Waals surface area contributed by atoms with Crippen molar-refractivity contribution in [3.63, 3.8) is 0 Å². The van der Waals surface area contributed by atoms with Crippen LogP contribution >= 0.6 is 0 Å². The van der Waals surface area contributed by atoms with E-state index in [-0.39, 0.29) is 0 Å². The summed E-state index contributed by atoms with van der Waals surface area (Å²) >= 11 is 0. The van der Waals surface area contributed by atoms with Crippen molar-refractivity contribution in [1.82, 2.24) is 4.57 Å². The molecule has 0 unspecified atom stereocenters. The van der Waals surface area contributed by atoms with Gasteiger partial charge in [-0.25, -0.2) is 4.39 Å². The highest BCUT2D eigenvalue weighted by molar-refractivity contribution is 5.06. The van der Waals surface area contributed by atoms with Crippen molar-refractivity contribution in [2.75, 3.05) is 0 Å². The van der Waals surface area contributed by atoms with E-state index in [0.717, 1.165) is 5.69 Å². The molecule has 1 aromatic heterocycles. The monoisotopic (exact) mass is 184 g/mol. The number of halogens is 1. The summed E-state index contributed by atoms with van der Waals surface area (Å²) < 4.78 is 15.2. The molecule has 0 spiro atoms. The Bertz CT molecular complexity index is 260. The van der Waals surface area contributed by atoms with Gasteiger partial charge in [0, 0.05) is 25.0 Å². The quantitative estimate of drug-likeness (QED) is 0.763. The summed E-state index contributed by atoms with van der Waals surface area (Å²) in [6, 6.07) is 3.90. The molecule has 2 N–H and O–H groups in total. The van der Waals surface area contributed by atoms with Gasteiger partial charge in [-0.15, -0.1) is 0 Å². The molecular formula is C10H17FN2. The van der Waals surface area contributed by atoms with E-state index in [2.05, 4.69) is 0 Å². The molecule has 1 rings (SSSR count). The van der Waals surface area contributed by atoms with Gasteiger partial charge >= 0.3 is 0 Å². The van der Waals surface area contributed by atoms with Crippen LogP contribution in [0.2, 0.25) is 0 Å². The Balaban J connectivity index is 2.54. The topological polar surface area (TPSA) is 30.9 Å². The number of hydrogen-bond donors (Lipinski definition) is 1. The van der Waals surface area contributed by atoms with Gasteiger partial charge in [-0.05, 0) is 32.4 Å². The maximum absolute atomic E-state index is 13.2. The van der Waals surface area contributed by atoms with Gasteiger partial charge in [0.2, 0.25) is 0 Å². The molecule has 3 heteroatoms. The molecule has 2 nitrogen and oxygen atoms in total. The predicted octanol–water partition coefficient (Wildman–Crippen LogP) is 2.09. The van der Waals surface area contributed by atoms with Gasteiger partial charge in [-0.3, -0.25) is 0 Å². The molecule has 0 aliphatic rings. The molecule has 0 bridgehead atoms. The number of rotatable bonds is 4. The van der Waals surface area contributed by atoms with Crippen molar-refractivity contribution in [3.8, 4) is 0 Å². The summed E-state index contributed by atoms with van der Waals surface area (Å²) in [5.41, 5.74) is 5.48. The zero-order valence-electron chi connectivity index (χ0n) is 8.26. The third-order valence-electron chi connectivity index (χ3n) is 2.08. The summed E-state index contributed by atoms with van der Waals surface area (Å²) in [7, 11) is 0. The van der Waals surface area contributed by atoms with E-state index in [9.17, 15) is 4.39 Å². The van der Waals surface area contributed by atoms with Crippen LogP contribution in [0.4, 0.5) is 4.39 Å². The lowest BCUT2D eigenvalue weighted by atomic mass is 10.1. The molecule has 1 aromatic rings. The lowest BCUT2D eigenvalue weighted by molar-refractivity contribution is 0.192. The normalized spacial score (nSPS) is 12.0. The molecule has 0 amide bonds. The van der Waals surface area contributed by atoms with E-state index in [1.54, 1.807) is 13.8 Å². The predicted molar refractivity (Wildman–Crippen MR) is 52.1 cm³/mol. The van der Waals surface area contributed by atoms with Crippen molar-refractivity contribution < 1.29 is 4.39 Å². The van der Waals surface area contributed by atoms with Crippen molar-refractivity contribution in [2.24, 2.45) is 5.73 Å². The van der Waals surface area contributed by atoms with Crippen LogP contribution in [0.25, 0.3) is 0 Å². The minimum Gasteiger partial charge on any atom is -0.350 e. The van der Waals surface area contributed by atoms with E-state index < -0.39 is 5.67 Å². The van der Waals surface area contributed by atoms with E-state index in [4.69, 9.17) is 5.73 Å². The summed E-state index contributed by atoms with van der Waals surface area (Å²) in [4.78, 5) is 0. The van der Waals surface area contributed by atoms with E-state index in [0.29, 0.717) is 19.5 Å². The summed E-state index contributed by atoms with van der Waals surface area (Å²) in [5.74, 6) is 0. The average Bonchev–Trinajstić information content (AvgIpc) is 2.46. The highest BCUT2D eigenvalue weighted by Crippen LogP contribution is 2.15. The van der Waals surface area contributed by atoms with Gasteiger partial charge in [-0.1, -0.05) is 0 Å². The van der Waals surface area contributed by atoms with E-state index in [1.807, 2.05) is 22.9 Å². The first-order chi connectivity index (χ1) is 6.03. The van der Waals surface area contributed by atoms with Crippen molar-refractivity contribution in [3.05, 3.63) is 24.0 Å². The smallest absolute Gasteiger partial charge is 0.107 e. The SMILES string of the molecule is CC(C)(F)CCn1cccc1CN. The van der Waals surface area contributed by atoms with Gasteiger partial charge in [0.25, 0.3) is 0 Å². The molecule has 0 aromatic carbocycles. The van der Waals surface area contributed by atoms with Crippen LogP contribution in [0.15, 0.2) is 18.3 Å². The number of aryl methyl sites for hydroxylation is 1. The summed E-state index contributed by atoms with van der Waals surface area (Å²) in [6.07, 6.45) is 2.46. The second-order valence-electron chi connectivity index (χ2n) is 3.87. The average molecular weight is 184 g/mol. The molecule has 0 aliphatic heterocycles. The molecular weight excluding hydrogens is 167 g/mol. The van der Waals surface area contributed by atoms with E-state index >= 15 is 0 Å². The Morgan fingerprint density at radius 2 is 2.23 bits per heavy atom. The van der Waals surface area contributed by atoms with Crippen LogP contribution in [-0.2, 0) is 13.1 Å². The van der Waals surface area contributed by atoms with Gasteiger partial charge in [0.05, 0.1) is 0 Å². The molecule has 0 atom stereocenters. The molecule has 74 valence electrons. The fourth-order valence-corrected chi connectivity index (χ4v) is 1.24. The maximum atomic E-state index is 13.2. The molecule has 0 radical (unpaired) electrons. The Labute approximate surface area is 78.5 Å². The zero-order chi connectivity index (χ0) is 9.90. The zero-order valence-corrected chi connectivity index (χ0v) is 8.26. The van der Waals surface area contributed by atoms with Crippen LogP contribution in [-0.4, -0.2) is 10.2 Å². The number of nitrogens with zero attached hydrogens (tertiary/aromatic N) is 1. The third kappa shape index (κ3) is 3.19. The van der Waals surface area contributed by atoms with Gasteiger partial charge in [-0.2, -0.15) is 0 Å². The molecule has 0 fully saturated rings. The Morgan fingerprint density at radius 3 is 2.77 bits per heavy atom. The molecule has 0 saturated carbocycles. The number of nitrogens with two attached hydrogens (primary N) is 1. The molecule has 0 saturated heterocycles. The van der Waals surface area contributed by atoms with Gasteiger partial charge in [0.1, 0.15) is 5.67 Å². The molecule has 13 heavy (non-hydrogen) atoms. The number of hydrogen-bond acceptors (Lipinski definition) is 1. The fourth-order valence-electron chi connectivity index (χ4n) is 1.24. The van der Waals surface area contributed by atoms with Crippen molar-refractivity contribution in [1.29, 1.82) is 0 Å². The van der Waals surface area contributed by atoms with E-state index in [1.165, 1.54) is 0 Å². The van der Waals surface area contributed by atoms with Crippen molar-refractivity contribution in [2.45, 2.75) is 39.0 Å². The molecule has 0 aliphatic carbocycles. The standard InChI is InChI=1S/C10H17FN2/c1-10(2,11)5-7-13-6-3-4-9(13)8-12/h3-4,6H,5,7-8,12H2,1-2H3. The first kappa shape index (κ1) is 10.3. The lowest BCUT2D eigenvalue weighted by Gasteiger charge is -2.15. The first-order valence-corrected chi connectivity index (χ1v) is 4.56. The van der Waals surface area contributed by atoms with Gasteiger partial charge < -0.3 is 10.3 Å². The third-order valence-corrected chi connectivity index (χ3v) is 2.08. The Hall–Kier alpha value is -0.830.